The van der Waals surface area contributed by atoms with Crippen LogP contribution in [0.3, 0.4) is 0 Å². The Bertz CT molecular complexity index is 418. The van der Waals surface area contributed by atoms with E-state index >= 15 is 0 Å². The summed E-state index contributed by atoms with van der Waals surface area (Å²) in [5, 5.41) is 7.23. The fourth-order valence-electron chi connectivity index (χ4n) is 1.02. The van der Waals surface area contributed by atoms with Gasteiger partial charge in [-0.25, -0.2) is 0 Å². The van der Waals surface area contributed by atoms with Crippen molar-refractivity contribution in [2.24, 2.45) is 0 Å². The number of anilines is 1. The number of hydrogen-bond donors (Lipinski definition) is 2. The molecule has 0 bridgehead atoms. The Morgan fingerprint density at radius 1 is 1.38 bits per heavy atom. The molecular weight excluding hydrogens is 240 g/mol. The maximum Gasteiger partial charge on any atom is 0.171 e. The van der Waals surface area contributed by atoms with E-state index in [0.717, 1.165) is 5.69 Å². The monoisotopic (exact) mass is 252 g/mol. The SMILES string of the molecule is C#CC(C)(C)NC(=S)Nc1ccc(Cl)cc1. The Balaban J connectivity index is 2.59. The molecule has 16 heavy (non-hydrogen) atoms. The van der Waals surface area contributed by atoms with Crippen LogP contribution in [0.1, 0.15) is 13.8 Å². The number of rotatable bonds is 2. The van der Waals surface area contributed by atoms with Gasteiger partial charge in [0.2, 0.25) is 0 Å². The van der Waals surface area contributed by atoms with Gasteiger partial charge in [0.25, 0.3) is 0 Å². The van der Waals surface area contributed by atoms with Crippen LogP contribution < -0.4 is 10.6 Å². The van der Waals surface area contributed by atoms with E-state index in [1.165, 1.54) is 0 Å². The van der Waals surface area contributed by atoms with Gasteiger partial charge >= 0.3 is 0 Å². The summed E-state index contributed by atoms with van der Waals surface area (Å²) in [5.41, 5.74) is 0.408. The molecule has 0 fully saturated rings. The van der Waals surface area contributed by atoms with E-state index in [0.29, 0.717) is 10.1 Å². The summed E-state index contributed by atoms with van der Waals surface area (Å²) in [6.07, 6.45) is 5.35. The largest absolute Gasteiger partial charge is 0.347 e. The highest BCUT2D eigenvalue weighted by molar-refractivity contribution is 7.80. The van der Waals surface area contributed by atoms with Crippen LogP contribution in [-0.4, -0.2) is 10.7 Å². The van der Waals surface area contributed by atoms with Gasteiger partial charge in [-0.05, 0) is 50.3 Å². The number of benzene rings is 1. The lowest BCUT2D eigenvalue weighted by molar-refractivity contribution is 0.604. The van der Waals surface area contributed by atoms with Crippen LogP contribution in [0.5, 0.6) is 0 Å². The van der Waals surface area contributed by atoms with E-state index in [1.54, 1.807) is 12.1 Å². The Morgan fingerprint density at radius 3 is 2.44 bits per heavy atom. The minimum absolute atomic E-state index is 0.462. The zero-order valence-corrected chi connectivity index (χ0v) is 10.7. The molecule has 0 aliphatic heterocycles. The third-order valence-corrected chi connectivity index (χ3v) is 2.35. The second-order valence-corrected chi connectivity index (χ2v) is 4.70. The molecule has 0 radical (unpaired) electrons. The summed E-state index contributed by atoms with van der Waals surface area (Å²) in [7, 11) is 0. The average Bonchev–Trinajstić information content (AvgIpc) is 2.21. The number of halogens is 1. The summed E-state index contributed by atoms with van der Waals surface area (Å²) in [6.45, 7) is 3.76. The Morgan fingerprint density at radius 2 is 1.94 bits per heavy atom. The maximum absolute atomic E-state index is 5.77. The van der Waals surface area contributed by atoms with Crippen molar-refractivity contribution in [1.82, 2.24) is 5.32 Å². The van der Waals surface area contributed by atoms with Crippen molar-refractivity contribution in [3.8, 4) is 12.3 Å². The molecule has 0 amide bonds. The summed E-state index contributed by atoms with van der Waals surface area (Å²) in [4.78, 5) is 0. The first-order chi connectivity index (χ1) is 7.43. The van der Waals surface area contributed by atoms with Crippen LogP contribution in [0.2, 0.25) is 5.02 Å². The molecule has 2 nitrogen and oxygen atoms in total. The number of nitrogens with one attached hydrogen (secondary N) is 2. The highest BCUT2D eigenvalue weighted by atomic mass is 35.5. The van der Waals surface area contributed by atoms with Crippen LogP contribution in [-0.2, 0) is 0 Å². The fraction of sp³-hybridized carbons (Fsp3) is 0.250. The molecule has 2 N–H and O–H groups in total. The van der Waals surface area contributed by atoms with Gasteiger partial charge in [0.1, 0.15) is 0 Å². The highest BCUT2D eigenvalue weighted by Crippen LogP contribution is 2.13. The van der Waals surface area contributed by atoms with Gasteiger partial charge in [0.05, 0.1) is 5.54 Å². The summed E-state index contributed by atoms with van der Waals surface area (Å²) < 4.78 is 0. The number of thiocarbonyl (C=S) groups is 1. The molecule has 0 aliphatic carbocycles. The van der Waals surface area contributed by atoms with Gasteiger partial charge < -0.3 is 10.6 Å². The molecule has 0 unspecified atom stereocenters. The van der Waals surface area contributed by atoms with E-state index in [4.69, 9.17) is 30.2 Å². The van der Waals surface area contributed by atoms with Gasteiger partial charge in [0.15, 0.2) is 5.11 Å². The molecule has 0 spiro atoms. The topological polar surface area (TPSA) is 24.1 Å². The first-order valence-corrected chi connectivity index (χ1v) is 5.54. The molecule has 0 aromatic heterocycles. The summed E-state index contributed by atoms with van der Waals surface area (Å²) in [6, 6.07) is 7.27. The zero-order chi connectivity index (χ0) is 12.2. The standard InChI is InChI=1S/C12H13ClN2S/c1-4-12(2,3)15-11(16)14-10-7-5-9(13)6-8-10/h1,5-8H,2-3H3,(H2,14,15,16). The zero-order valence-electron chi connectivity index (χ0n) is 9.17. The van der Waals surface area contributed by atoms with Crippen molar-refractivity contribution in [2.75, 3.05) is 5.32 Å². The van der Waals surface area contributed by atoms with E-state index in [9.17, 15) is 0 Å². The maximum atomic E-state index is 5.77. The second-order valence-electron chi connectivity index (χ2n) is 3.86. The smallest absolute Gasteiger partial charge is 0.171 e. The van der Waals surface area contributed by atoms with E-state index in [-0.39, 0.29) is 0 Å². The lowest BCUT2D eigenvalue weighted by Gasteiger charge is -2.22. The first-order valence-electron chi connectivity index (χ1n) is 4.75. The van der Waals surface area contributed by atoms with Gasteiger partial charge in [-0.1, -0.05) is 17.5 Å². The normalized spacial score (nSPS) is 10.4. The van der Waals surface area contributed by atoms with Gasteiger partial charge in [-0.3, -0.25) is 0 Å². The lowest BCUT2D eigenvalue weighted by Crippen LogP contribution is -2.44. The van der Waals surface area contributed by atoms with Crippen molar-refractivity contribution in [3.63, 3.8) is 0 Å². The molecule has 1 rings (SSSR count). The Kier molecular flexibility index (Phi) is 4.17. The first kappa shape index (κ1) is 12.8. The van der Waals surface area contributed by atoms with Crippen molar-refractivity contribution in [3.05, 3.63) is 29.3 Å². The van der Waals surface area contributed by atoms with Gasteiger partial charge in [-0.2, -0.15) is 0 Å². The van der Waals surface area contributed by atoms with E-state index in [2.05, 4.69) is 16.6 Å². The number of hydrogen-bond acceptors (Lipinski definition) is 1. The predicted octanol–water partition coefficient (Wildman–Crippen LogP) is 3.04. The van der Waals surface area contributed by atoms with Gasteiger partial charge in [0, 0.05) is 10.7 Å². The van der Waals surface area contributed by atoms with Crippen LogP contribution >= 0.6 is 23.8 Å². The van der Waals surface area contributed by atoms with Crippen molar-refractivity contribution >= 4 is 34.6 Å². The molecule has 4 heteroatoms. The van der Waals surface area contributed by atoms with E-state index < -0.39 is 5.54 Å². The van der Waals surface area contributed by atoms with Crippen molar-refractivity contribution in [2.45, 2.75) is 19.4 Å². The van der Waals surface area contributed by atoms with Crippen LogP contribution in [0.4, 0.5) is 5.69 Å². The molecule has 0 saturated heterocycles. The van der Waals surface area contributed by atoms with Crippen LogP contribution in [0, 0.1) is 12.3 Å². The third-order valence-electron chi connectivity index (χ3n) is 1.89. The Labute approximate surface area is 106 Å². The lowest BCUT2D eigenvalue weighted by atomic mass is 10.1. The molecule has 84 valence electrons. The van der Waals surface area contributed by atoms with Crippen LogP contribution in [0.25, 0.3) is 0 Å². The summed E-state index contributed by atoms with van der Waals surface area (Å²) >= 11 is 10.9. The van der Waals surface area contributed by atoms with Gasteiger partial charge in [-0.15, -0.1) is 6.42 Å². The molecular formula is C12H13ClN2S. The number of terminal acetylenes is 1. The fourth-order valence-corrected chi connectivity index (χ4v) is 1.51. The molecule has 0 saturated carbocycles. The molecule has 0 atom stereocenters. The quantitative estimate of drug-likeness (QED) is 0.625. The third kappa shape index (κ3) is 4.09. The van der Waals surface area contributed by atoms with E-state index in [1.807, 2.05) is 26.0 Å². The molecule has 1 aromatic rings. The average molecular weight is 253 g/mol. The Hall–Kier alpha value is -1.24. The summed E-state index contributed by atoms with van der Waals surface area (Å²) in [5.74, 6) is 2.61. The highest BCUT2D eigenvalue weighted by Gasteiger charge is 2.14. The van der Waals surface area contributed by atoms with Crippen LogP contribution in [0.15, 0.2) is 24.3 Å². The minimum Gasteiger partial charge on any atom is -0.347 e. The molecule has 1 aromatic carbocycles. The van der Waals surface area contributed by atoms with Crippen molar-refractivity contribution < 1.29 is 0 Å². The second kappa shape index (κ2) is 5.20. The minimum atomic E-state index is -0.462. The molecule has 0 heterocycles. The van der Waals surface area contributed by atoms with Crippen molar-refractivity contribution in [1.29, 1.82) is 0 Å². The predicted molar refractivity (Wildman–Crippen MR) is 73.7 cm³/mol. The molecule has 0 aliphatic rings.